The molecule has 0 atom stereocenters. The van der Waals surface area contributed by atoms with Crippen LogP contribution < -0.4 is 4.90 Å². The van der Waals surface area contributed by atoms with E-state index in [4.69, 9.17) is 0 Å². The van der Waals surface area contributed by atoms with Crippen LogP contribution in [0.2, 0.25) is 0 Å². The van der Waals surface area contributed by atoms with Gasteiger partial charge in [-0.3, -0.25) is 4.79 Å². The molecule has 0 aromatic heterocycles. The van der Waals surface area contributed by atoms with Crippen LogP contribution in [0.25, 0.3) is 0 Å². The van der Waals surface area contributed by atoms with Crippen LogP contribution in [0.15, 0.2) is 18.2 Å². The van der Waals surface area contributed by atoms with Gasteiger partial charge in [0.25, 0.3) is 0 Å². The number of ketones is 1. The molecule has 0 radical (unpaired) electrons. The summed E-state index contributed by atoms with van der Waals surface area (Å²) in [5, 5.41) is 0. The van der Waals surface area contributed by atoms with Gasteiger partial charge in [-0.05, 0) is 80.6 Å². The van der Waals surface area contributed by atoms with Crippen molar-refractivity contribution in [3.8, 4) is 0 Å². The number of piperidine rings is 1. The number of anilines is 1. The molecule has 2 aliphatic rings. The van der Waals surface area contributed by atoms with Crippen molar-refractivity contribution in [3.63, 3.8) is 0 Å². The molecule has 0 unspecified atom stereocenters. The summed E-state index contributed by atoms with van der Waals surface area (Å²) in [6.07, 6.45) is 4.50. The Morgan fingerprint density at radius 3 is 2.43 bits per heavy atom. The minimum atomic E-state index is 0.293. The molecular weight excluding hydrogens is 375 g/mol. The summed E-state index contributed by atoms with van der Waals surface area (Å²) in [5.74, 6) is 0.652. The average Bonchev–Trinajstić information content (AvgIpc) is 3.31. The van der Waals surface area contributed by atoms with Gasteiger partial charge in [0, 0.05) is 39.9 Å². The average molecular weight is 398 g/mol. The van der Waals surface area contributed by atoms with Gasteiger partial charge in [0.05, 0.1) is 0 Å². The lowest BCUT2D eigenvalue weighted by atomic mass is 9.99. The molecule has 0 N–H and O–H groups in total. The summed E-state index contributed by atoms with van der Waals surface area (Å²) in [7, 11) is 4.32. The van der Waals surface area contributed by atoms with Gasteiger partial charge in [0.1, 0.15) is 0 Å². The molecule has 21 heavy (non-hydrogen) atoms. The molecule has 1 aliphatic heterocycles. The van der Waals surface area contributed by atoms with E-state index in [9.17, 15) is 4.79 Å². The number of carbonyl (C=O) groups excluding carboxylic acids is 1. The summed E-state index contributed by atoms with van der Waals surface area (Å²) in [6, 6.07) is 7.02. The predicted octanol–water partition coefficient (Wildman–Crippen LogP) is 3.41. The first-order chi connectivity index (χ1) is 10.1. The standard InChI is InChI=1S/C17H23IN2O/c1-19(2)14-7-9-20(10-8-14)16-6-5-13(18)11-15(16)17(21)12-3-4-12/h5-6,11-12,14H,3-4,7-10H2,1-2H3. The Balaban J connectivity index is 1.80. The number of Topliss-reactive ketones (excluding diaryl/α,β-unsaturated/α-hetero) is 1. The van der Waals surface area contributed by atoms with Gasteiger partial charge in [0.2, 0.25) is 0 Å². The van der Waals surface area contributed by atoms with E-state index in [-0.39, 0.29) is 0 Å². The summed E-state index contributed by atoms with van der Waals surface area (Å²) < 4.78 is 1.16. The van der Waals surface area contributed by atoms with Crippen LogP contribution in [0.3, 0.4) is 0 Å². The van der Waals surface area contributed by atoms with Crippen molar-refractivity contribution in [2.75, 3.05) is 32.1 Å². The molecule has 4 heteroatoms. The molecule has 1 aliphatic carbocycles. The second kappa shape index (κ2) is 6.24. The molecular formula is C17H23IN2O. The van der Waals surface area contributed by atoms with Gasteiger partial charge in [0.15, 0.2) is 5.78 Å². The van der Waals surface area contributed by atoms with Crippen LogP contribution in [0, 0.1) is 9.49 Å². The SMILES string of the molecule is CN(C)C1CCN(c2ccc(I)cc2C(=O)C2CC2)CC1. The number of hydrogen-bond donors (Lipinski definition) is 0. The van der Waals surface area contributed by atoms with E-state index in [1.807, 2.05) is 0 Å². The van der Waals surface area contributed by atoms with Gasteiger partial charge < -0.3 is 9.80 Å². The topological polar surface area (TPSA) is 23.6 Å². The third kappa shape index (κ3) is 3.42. The molecule has 0 amide bonds. The lowest BCUT2D eigenvalue weighted by Gasteiger charge is -2.37. The number of halogens is 1. The number of hydrogen-bond acceptors (Lipinski definition) is 3. The molecule has 1 aromatic carbocycles. The van der Waals surface area contributed by atoms with Crippen molar-refractivity contribution < 1.29 is 4.79 Å². The van der Waals surface area contributed by atoms with Gasteiger partial charge in [-0.15, -0.1) is 0 Å². The Morgan fingerprint density at radius 2 is 1.86 bits per heavy atom. The number of rotatable bonds is 4. The number of nitrogens with zero attached hydrogens (tertiary/aromatic N) is 2. The number of carbonyl (C=O) groups is 1. The van der Waals surface area contributed by atoms with Crippen molar-refractivity contribution in [1.29, 1.82) is 0 Å². The predicted molar refractivity (Wildman–Crippen MR) is 95.1 cm³/mol. The summed E-state index contributed by atoms with van der Waals surface area (Å²) >= 11 is 2.30. The highest BCUT2D eigenvalue weighted by atomic mass is 127. The van der Waals surface area contributed by atoms with Gasteiger partial charge >= 0.3 is 0 Å². The molecule has 1 saturated heterocycles. The minimum absolute atomic E-state index is 0.293. The van der Waals surface area contributed by atoms with Crippen molar-refractivity contribution in [1.82, 2.24) is 4.90 Å². The lowest BCUT2D eigenvalue weighted by Crippen LogP contribution is -2.42. The highest BCUT2D eigenvalue weighted by molar-refractivity contribution is 14.1. The zero-order chi connectivity index (χ0) is 15.0. The fraction of sp³-hybridized carbons (Fsp3) is 0.588. The first-order valence-corrected chi connectivity index (χ1v) is 8.89. The second-order valence-electron chi connectivity index (χ2n) is 6.48. The van der Waals surface area contributed by atoms with E-state index in [0.29, 0.717) is 17.7 Å². The largest absolute Gasteiger partial charge is 0.371 e. The van der Waals surface area contributed by atoms with E-state index in [1.165, 1.54) is 12.8 Å². The molecule has 3 nitrogen and oxygen atoms in total. The Hall–Kier alpha value is -0.620. The third-order valence-electron chi connectivity index (χ3n) is 4.71. The van der Waals surface area contributed by atoms with Crippen LogP contribution >= 0.6 is 22.6 Å². The van der Waals surface area contributed by atoms with E-state index < -0.39 is 0 Å². The Labute approximate surface area is 140 Å². The number of benzene rings is 1. The zero-order valence-corrected chi connectivity index (χ0v) is 15.0. The second-order valence-corrected chi connectivity index (χ2v) is 7.73. The highest BCUT2D eigenvalue weighted by Gasteiger charge is 2.33. The quantitative estimate of drug-likeness (QED) is 0.574. The lowest BCUT2D eigenvalue weighted by molar-refractivity contribution is 0.0968. The van der Waals surface area contributed by atoms with Crippen molar-refractivity contribution in [3.05, 3.63) is 27.3 Å². The van der Waals surface area contributed by atoms with E-state index in [1.54, 1.807) is 0 Å². The normalized spacial score (nSPS) is 20.1. The third-order valence-corrected chi connectivity index (χ3v) is 5.38. The smallest absolute Gasteiger partial charge is 0.168 e. The minimum Gasteiger partial charge on any atom is -0.371 e. The van der Waals surface area contributed by atoms with Gasteiger partial charge in [-0.1, -0.05) is 0 Å². The van der Waals surface area contributed by atoms with Crippen LogP contribution in [-0.2, 0) is 0 Å². The molecule has 0 spiro atoms. The Kier molecular flexibility index (Phi) is 4.54. The molecule has 1 aromatic rings. The van der Waals surface area contributed by atoms with E-state index in [0.717, 1.165) is 40.8 Å². The maximum Gasteiger partial charge on any atom is 0.168 e. The molecule has 3 rings (SSSR count). The van der Waals surface area contributed by atoms with Crippen LogP contribution in [0.1, 0.15) is 36.0 Å². The van der Waals surface area contributed by atoms with Gasteiger partial charge in [-0.2, -0.15) is 0 Å². The van der Waals surface area contributed by atoms with Gasteiger partial charge in [-0.25, -0.2) is 0 Å². The first-order valence-electron chi connectivity index (χ1n) is 7.81. The maximum absolute atomic E-state index is 12.6. The van der Waals surface area contributed by atoms with Crippen molar-refractivity contribution in [2.24, 2.45) is 5.92 Å². The molecule has 0 bridgehead atoms. The van der Waals surface area contributed by atoms with Crippen molar-refractivity contribution >= 4 is 34.1 Å². The Bertz CT molecular complexity index is 532. The highest BCUT2D eigenvalue weighted by Crippen LogP contribution is 2.36. The van der Waals surface area contributed by atoms with Crippen molar-refractivity contribution in [2.45, 2.75) is 31.7 Å². The maximum atomic E-state index is 12.6. The van der Waals surface area contributed by atoms with E-state index >= 15 is 0 Å². The monoisotopic (exact) mass is 398 g/mol. The fourth-order valence-electron chi connectivity index (χ4n) is 3.17. The Morgan fingerprint density at radius 1 is 1.19 bits per heavy atom. The summed E-state index contributed by atoms with van der Waals surface area (Å²) in [4.78, 5) is 17.3. The van der Waals surface area contributed by atoms with E-state index in [2.05, 4.69) is 64.7 Å². The fourth-order valence-corrected chi connectivity index (χ4v) is 3.66. The zero-order valence-electron chi connectivity index (χ0n) is 12.8. The summed E-state index contributed by atoms with van der Waals surface area (Å²) in [6.45, 7) is 2.10. The molecule has 1 saturated carbocycles. The first kappa shape index (κ1) is 15.3. The summed E-state index contributed by atoms with van der Waals surface area (Å²) in [5.41, 5.74) is 2.11. The molecule has 1 heterocycles. The van der Waals surface area contributed by atoms with Crippen LogP contribution in [-0.4, -0.2) is 43.9 Å². The van der Waals surface area contributed by atoms with Crippen LogP contribution in [0.4, 0.5) is 5.69 Å². The van der Waals surface area contributed by atoms with Crippen LogP contribution in [0.5, 0.6) is 0 Å². The molecule has 2 fully saturated rings. The molecule has 114 valence electrons.